The molecule has 147 valence electrons. The molecule has 0 saturated heterocycles. The van der Waals surface area contributed by atoms with Crippen LogP contribution in [0.1, 0.15) is 41.5 Å². The number of hydrogen-bond donors (Lipinski definition) is 0. The molecule has 0 atom stereocenters. The standard InChI is InChI=1S/2C6H15P.C5H9OSi.CO.Rh/c2*1-4-7(5-2)6-3;1-7(2,3)5-4-6;1-2;/h2*4-6H2,1-3H3;1-3H3;;/q;;-1;;. The summed E-state index contributed by atoms with van der Waals surface area (Å²) >= 11 is 0. The van der Waals surface area contributed by atoms with E-state index >= 15 is 0 Å². The molecule has 0 rings (SSSR count). The Bertz CT molecular complexity index is 257. The fourth-order valence-electron chi connectivity index (χ4n) is 1.49. The molecule has 0 unspecified atom stereocenters. The Balaban J connectivity index is -0.0000000699. The van der Waals surface area contributed by atoms with Gasteiger partial charge in [0, 0.05) is 19.5 Å². The smallest absolute Gasteiger partial charge is 0 e. The summed E-state index contributed by atoms with van der Waals surface area (Å²) in [6.07, 6.45) is 8.51. The van der Waals surface area contributed by atoms with Gasteiger partial charge in [0.2, 0.25) is 0 Å². The average Bonchev–Trinajstić information content (AvgIpc) is 2.53. The average molecular weight is 480 g/mol. The van der Waals surface area contributed by atoms with Crippen molar-refractivity contribution in [2.24, 2.45) is 0 Å². The van der Waals surface area contributed by atoms with Gasteiger partial charge in [0.25, 0.3) is 0 Å². The quantitative estimate of drug-likeness (QED) is 0.143. The van der Waals surface area contributed by atoms with Gasteiger partial charge < -0.3 is 5.70 Å². The van der Waals surface area contributed by atoms with Crippen LogP contribution < -0.4 is 0 Å². The fraction of sp³-hybridized carbons (Fsp3) is 0.833. The van der Waals surface area contributed by atoms with Gasteiger partial charge in [-0.25, -0.2) is 0 Å². The van der Waals surface area contributed by atoms with Crippen LogP contribution in [-0.4, -0.2) is 51.0 Å². The van der Waals surface area contributed by atoms with Crippen molar-refractivity contribution in [2.75, 3.05) is 37.0 Å². The molecule has 24 heavy (non-hydrogen) atoms. The molecule has 2 nitrogen and oxygen atoms in total. The van der Waals surface area contributed by atoms with E-state index in [-0.39, 0.29) is 19.5 Å². The van der Waals surface area contributed by atoms with E-state index in [1.165, 1.54) is 37.0 Å². The predicted octanol–water partition coefficient (Wildman–Crippen LogP) is 6.07. The molecule has 0 spiro atoms. The molecule has 0 aliphatic heterocycles. The van der Waals surface area contributed by atoms with Gasteiger partial charge >= 0.3 is 11.3 Å². The van der Waals surface area contributed by atoms with Gasteiger partial charge in [-0.05, 0) is 37.0 Å². The van der Waals surface area contributed by atoms with Crippen LogP contribution in [0.2, 0.25) is 19.6 Å². The van der Waals surface area contributed by atoms with Crippen molar-refractivity contribution in [1.29, 1.82) is 0 Å². The van der Waals surface area contributed by atoms with E-state index in [4.69, 9.17) is 4.65 Å². The molecule has 0 saturated carbocycles. The Kier molecular flexibility index (Phi) is 42.9. The second kappa shape index (κ2) is 28.7. The van der Waals surface area contributed by atoms with E-state index in [1.54, 1.807) is 5.94 Å². The largest absolute Gasteiger partial charge is 0 e. The summed E-state index contributed by atoms with van der Waals surface area (Å²) in [5.74, 6) is 1.67. The Morgan fingerprint density at radius 3 is 1.00 bits per heavy atom. The van der Waals surface area contributed by atoms with E-state index in [2.05, 4.69) is 53.9 Å². The summed E-state index contributed by atoms with van der Waals surface area (Å²) in [5.41, 5.74) is 2.62. The summed E-state index contributed by atoms with van der Waals surface area (Å²) in [5, 5.41) is 0. The maximum atomic E-state index is 9.62. The topological polar surface area (TPSA) is 37.0 Å². The molecule has 1 radical (unpaired) electrons. The molecule has 0 aromatic heterocycles. The van der Waals surface area contributed by atoms with Crippen LogP contribution in [0.5, 0.6) is 0 Å². The summed E-state index contributed by atoms with van der Waals surface area (Å²) < 4.78 is 7.50. The van der Waals surface area contributed by atoms with Crippen molar-refractivity contribution in [3.63, 3.8) is 0 Å². The fourth-order valence-corrected chi connectivity index (χ4v) is 4.48. The van der Waals surface area contributed by atoms with Gasteiger partial charge in [-0.1, -0.05) is 75.2 Å². The summed E-state index contributed by atoms with van der Waals surface area (Å²) in [6, 6.07) is 0. The van der Waals surface area contributed by atoms with Gasteiger partial charge in [-0.2, -0.15) is 0 Å². The third-order valence-corrected chi connectivity index (χ3v) is 9.33. The number of carbonyl (C=O) groups excluding carboxylic acids is 1. The van der Waals surface area contributed by atoms with E-state index < -0.39 is 8.07 Å². The third kappa shape index (κ3) is 38.4. The molecule has 0 aromatic rings. The van der Waals surface area contributed by atoms with Crippen LogP contribution in [0.25, 0.3) is 0 Å². The SMILES string of the molecule is CCP(CC)CC.CCP(CC)CC.C[Si](C)(C)[C-]=C=O.[C-]#[O+].[Rh]. The molecule has 0 aromatic carbocycles. The first-order chi connectivity index (χ1) is 10.8. The summed E-state index contributed by atoms with van der Waals surface area (Å²) in [7, 11) is -0.439. The van der Waals surface area contributed by atoms with Crippen molar-refractivity contribution in [1.82, 2.24) is 0 Å². The minimum atomic E-state index is -1.33. The van der Waals surface area contributed by atoms with Crippen molar-refractivity contribution in [2.45, 2.75) is 61.2 Å². The monoisotopic (exact) mass is 480 g/mol. The summed E-state index contributed by atoms with van der Waals surface area (Å²) in [4.78, 5) is 9.62. The van der Waals surface area contributed by atoms with Crippen LogP contribution in [0.3, 0.4) is 0 Å². The molecule has 0 fully saturated rings. The van der Waals surface area contributed by atoms with Gasteiger partial charge in [0.05, 0.1) is 0 Å². The predicted molar refractivity (Wildman–Crippen MR) is 113 cm³/mol. The van der Waals surface area contributed by atoms with Crippen LogP contribution in [0.4, 0.5) is 0 Å². The molecule has 0 aliphatic carbocycles. The molecule has 0 aliphatic rings. The van der Waals surface area contributed by atoms with E-state index in [9.17, 15) is 4.79 Å². The Hall–Kier alpha value is 0.890. The molecule has 6 heteroatoms. The first-order valence-electron chi connectivity index (χ1n) is 8.55. The van der Waals surface area contributed by atoms with Gasteiger partial charge in [0.1, 0.15) is 0 Å². The maximum Gasteiger partial charge on any atom is 0 e. The molecule has 0 amide bonds. The maximum absolute atomic E-state index is 9.62. The first kappa shape index (κ1) is 35.9. The minimum absolute atomic E-state index is 0. The van der Waals surface area contributed by atoms with Crippen LogP contribution in [0, 0.1) is 12.3 Å². The normalized spacial score (nSPS) is 9.04. The zero-order valence-electron chi connectivity index (χ0n) is 17.3. The minimum Gasteiger partial charge on any atom is 0 e. The zero-order chi connectivity index (χ0) is 19.3. The second-order valence-corrected chi connectivity index (χ2v) is 16.9. The molecular formula is C18H39O2P2RhSi-. The van der Waals surface area contributed by atoms with Crippen LogP contribution in [0.15, 0.2) is 0 Å². The van der Waals surface area contributed by atoms with Crippen molar-refractivity contribution >= 4 is 29.9 Å². The molecule has 0 heterocycles. The number of rotatable bonds is 7. The molecule has 0 bridgehead atoms. The van der Waals surface area contributed by atoms with E-state index in [0.717, 1.165) is 0 Å². The van der Waals surface area contributed by atoms with Crippen molar-refractivity contribution in [3.8, 4) is 0 Å². The van der Waals surface area contributed by atoms with E-state index in [1.807, 2.05) is 19.6 Å². The molecule has 0 N–H and O–H groups in total. The van der Waals surface area contributed by atoms with Gasteiger partial charge in [0.15, 0.2) is 0 Å². The third-order valence-electron chi connectivity index (χ3n) is 3.11. The summed E-state index contributed by atoms with van der Waals surface area (Å²) in [6.45, 7) is 24.4. The molecular weight excluding hydrogens is 441 g/mol. The van der Waals surface area contributed by atoms with E-state index in [0.29, 0.717) is 15.8 Å². The second-order valence-electron chi connectivity index (χ2n) is 5.72. The van der Waals surface area contributed by atoms with Crippen LogP contribution >= 0.6 is 15.8 Å². The Morgan fingerprint density at radius 2 is 1.00 bits per heavy atom. The van der Waals surface area contributed by atoms with Gasteiger partial charge in [-0.15, -0.1) is 15.8 Å². The Morgan fingerprint density at radius 1 is 0.792 bits per heavy atom. The van der Waals surface area contributed by atoms with Gasteiger partial charge in [-0.3, -0.25) is 4.79 Å². The Labute approximate surface area is 169 Å². The van der Waals surface area contributed by atoms with Crippen molar-refractivity contribution in [3.05, 3.63) is 12.3 Å². The van der Waals surface area contributed by atoms with Crippen molar-refractivity contribution < 1.29 is 28.9 Å². The van der Waals surface area contributed by atoms with Crippen LogP contribution in [-0.2, 0) is 28.9 Å². The number of hydrogen-bond acceptors (Lipinski definition) is 1. The zero-order valence-corrected chi connectivity index (χ0v) is 21.7. The first-order valence-corrected chi connectivity index (χ1v) is 15.8.